The summed E-state index contributed by atoms with van der Waals surface area (Å²) in [5.74, 6) is -4.19. The minimum atomic E-state index is -1.89. The second kappa shape index (κ2) is 14.3. The zero-order valence-electron chi connectivity index (χ0n) is 27.6. The molecule has 0 aromatic carbocycles. The molecule has 2 heterocycles. The minimum absolute atomic E-state index is 0.0168. The Labute approximate surface area is 255 Å². The van der Waals surface area contributed by atoms with Crippen LogP contribution in [0.3, 0.4) is 0 Å². The third-order valence-electron chi connectivity index (χ3n) is 9.45. The summed E-state index contributed by atoms with van der Waals surface area (Å²) in [6.45, 7) is 12.9. The number of quaternary nitrogens is 1. The molecule has 2 saturated heterocycles. The first-order valence-corrected chi connectivity index (χ1v) is 15.3. The van der Waals surface area contributed by atoms with E-state index in [-0.39, 0.29) is 19.3 Å². The van der Waals surface area contributed by atoms with Crippen LogP contribution in [-0.4, -0.2) is 123 Å². The summed E-state index contributed by atoms with van der Waals surface area (Å²) in [6, 6.07) is -0.771. The number of aliphatic hydroxyl groups is 5. The molecule has 2 rings (SSSR count). The molecule has 0 unspecified atom stereocenters. The number of carbonyl (C=O) groups excluding carboxylic acids is 1. The van der Waals surface area contributed by atoms with Gasteiger partial charge in [0.1, 0.15) is 24.9 Å². The highest BCUT2D eigenvalue weighted by Crippen LogP contribution is 2.38. The summed E-state index contributed by atoms with van der Waals surface area (Å²) in [5, 5.41) is 74.4. The van der Waals surface area contributed by atoms with Crippen LogP contribution in [-0.2, 0) is 23.8 Å². The molecule has 2 aliphatic rings. The maximum absolute atomic E-state index is 13.3. The summed E-state index contributed by atoms with van der Waals surface area (Å²) >= 11 is 0. The first-order valence-electron chi connectivity index (χ1n) is 15.3. The van der Waals surface area contributed by atoms with Crippen LogP contribution >= 0.6 is 0 Å². The summed E-state index contributed by atoms with van der Waals surface area (Å²) in [4.78, 5) is 18.4. The van der Waals surface area contributed by atoms with Crippen LogP contribution in [0.25, 0.3) is 0 Å². The Hall–Kier alpha value is -1.42. The lowest BCUT2D eigenvalue weighted by molar-refractivity contribution is -0.874. The number of esters is 1. The predicted molar refractivity (Wildman–Crippen MR) is 158 cm³/mol. The molecule has 13 heteroatoms. The number of carbonyl (C=O) groups is 1. The van der Waals surface area contributed by atoms with Crippen LogP contribution in [0, 0.1) is 28.9 Å². The lowest BCUT2D eigenvalue weighted by atomic mass is 9.73. The van der Waals surface area contributed by atoms with Crippen LogP contribution in [0.15, 0.2) is 5.16 Å². The van der Waals surface area contributed by atoms with E-state index in [4.69, 9.17) is 19.0 Å². The molecule has 0 aliphatic carbocycles. The van der Waals surface area contributed by atoms with Crippen LogP contribution in [0.5, 0.6) is 0 Å². The second-order valence-corrected chi connectivity index (χ2v) is 13.7. The van der Waals surface area contributed by atoms with Crippen molar-refractivity contribution in [2.24, 2.45) is 28.8 Å². The molecule has 0 spiro atoms. The quantitative estimate of drug-likeness (QED) is 0.169. The van der Waals surface area contributed by atoms with Gasteiger partial charge >= 0.3 is 5.97 Å². The highest BCUT2D eigenvalue weighted by atomic mass is 16.7. The maximum atomic E-state index is 13.3. The summed E-state index contributed by atoms with van der Waals surface area (Å²) < 4.78 is 17.1. The number of cyclic esters (lactones) is 1. The van der Waals surface area contributed by atoms with Crippen LogP contribution in [0.2, 0.25) is 0 Å². The van der Waals surface area contributed by atoms with Crippen molar-refractivity contribution in [3.8, 4) is 0 Å². The van der Waals surface area contributed by atoms with Gasteiger partial charge in [0.05, 0.1) is 55.7 Å². The fourth-order valence-electron chi connectivity index (χ4n) is 6.81. The number of hydrogen-bond acceptors (Lipinski definition) is 12. The van der Waals surface area contributed by atoms with Crippen molar-refractivity contribution < 1.29 is 54.0 Å². The van der Waals surface area contributed by atoms with Gasteiger partial charge in [-0.05, 0) is 40.5 Å². The fourth-order valence-corrected chi connectivity index (χ4v) is 6.81. The standard InChI is InChI=1S/C30H56N2O11/c1-12-21-30(8,38)25(35)17(4)22(31-40-11)15(2)14-29(7,37)26(18(5)23(33)19(6)27(36)42-21)43-28-24(34)20(32(9,10)39)13-16(3)41-28/h15-21,23-26,28,33-35,37-38H,12-14H2,1-11H3/b31-22+/t15-,16-,17+,18+,19-,20+,21-,23+,24-,25-,26-,28+,29-,30-/m1/s1. The molecule has 2 fully saturated rings. The molecule has 5 N–H and O–H groups in total. The minimum Gasteiger partial charge on any atom is -0.633 e. The molecule has 14 atom stereocenters. The molecular weight excluding hydrogens is 564 g/mol. The number of hydrogen-bond donors (Lipinski definition) is 5. The maximum Gasteiger partial charge on any atom is 0.311 e. The van der Waals surface area contributed by atoms with E-state index in [0.29, 0.717) is 5.71 Å². The van der Waals surface area contributed by atoms with Crippen LogP contribution in [0.4, 0.5) is 0 Å². The SMILES string of the molecule is CC[C@H]1OC(=O)[C@H](C)[C@@H](O)[C@H](C)[C@@H](O[C@@H]2O[C@H](C)C[C@H]([N+](C)(C)[O-])[C@H]2O)[C@](C)(O)C[C@@H](C)/C(=N\OC)[C@H](C)[C@@H](O)[C@]1(C)O. The van der Waals surface area contributed by atoms with Crippen LogP contribution in [0.1, 0.15) is 74.7 Å². The van der Waals surface area contributed by atoms with Gasteiger partial charge in [0.2, 0.25) is 0 Å². The summed E-state index contributed by atoms with van der Waals surface area (Å²) in [5.41, 5.74) is -3.29. The monoisotopic (exact) mass is 620 g/mol. The largest absolute Gasteiger partial charge is 0.633 e. The third kappa shape index (κ3) is 8.44. The van der Waals surface area contributed by atoms with Gasteiger partial charge in [0, 0.05) is 24.2 Å². The number of nitrogens with zero attached hydrogens (tertiary/aromatic N) is 2. The Morgan fingerprint density at radius 3 is 2.14 bits per heavy atom. The normalized spacial score (nSPS) is 47.1. The fraction of sp³-hybridized carbons (Fsp3) is 0.933. The van der Waals surface area contributed by atoms with Gasteiger partial charge in [-0.2, -0.15) is 0 Å². The van der Waals surface area contributed by atoms with E-state index in [1.165, 1.54) is 42.0 Å². The Bertz CT molecular complexity index is 953. The Balaban J connectivity index is 2.64. The number of rotatable bonds is 5. The second-order valence-electron chi connectivity index (χ2n) is 13.7. The average Bonchev–Trinajstić information content (AvgIpc) is 2.90. The van der Waals surface area contributed by atoms with E-state index in [0.717, 1.165) is 0 Å². The topological polar surface area (TPSA) is 191 Å². The van der Waals surface area contributed by atoms with E-state index < -0.39 is 94.4 Å². The van der Waals surface area contributed by atoms with Crippen molar-refractivity contribution in [3.05, 3.63) is 5.21 Å². The van der Waals surface area contributed by atoms with Crippen molar-refractivity contribution in [3.63, 3.8) is 0 Å². The van der Waals surface area contributed by atoms with E-state index in [1.54, 1.807) is 34.6 Å². The van der Waals surface area contributed by atoms with E-state index in [2.05, 4.69) is 5.16 Å². The number of oxime groups is 1. The first-order chi connectivity index (χ1) is 19.6. The molecule has 0 aromatic rings. The average molecular weight is 621 g/mol. The first kappa shape index (κ1) is 37.8. The van der Waals surface area contributed by atoms with Gasteiger partial charge < -0.3 is 54.4 Å². The van der Waals surface area contributed by atoms with E-state index >= 15 is 0 Å². The molecular formula is C30H56N2O11. The van der Waals surface area contributed by atoms with Crippen LogP contribution < -0.4 is 0 Å². The zero-order valence-corrected chi connectivity index (χ0v) is 27.6. The Morgan fingerprint density at radius 2 is 1.63 bits per heavy atom. The number of hydroxylamine groups is 3. The number of aliphatic hydroxyl groups excluding tert-OH is 3. The van der Waals surface area contributed by atoms with Gasteiger partial charge in [0.25, 0.3) is 0 Å². The number of ether oxygens (including phenoxy) is 3. The van der Waals surface area contributed by atoms with Gasteiger partial charge in [-0.25, -0.2) is 0 Å². The van der Waals surface area contributed by atoms with Crippen molar-refractivity contribution in [2.45, 2.75) is 135 Å². The molecule has 0 amide bonds. The van der Waals surface area contributed by atoms with Gasteiger partial charge in [-0.1, -0.05) is 32.9 Å². The van der Waals surface area contributed by atoms with Gasteiger partial charge in [0.15, 0.2) is 12.4 Å². The molecule has 43 heavy (non-hydrogen) atoms. The molecule has 252 valence electrons. The summed E-state index contributed by atoms with van der Waals surface area (Å²) in [7, 11) is 4.20. The van der Waals surface area contributed by atoms with E-state index in [9.17, 15) is 35.5 Å². The van der Waals surface area contributed by atoms with Crippen molar-refractivity contribution in [2.75, 3.05) is 21.2 Å². The Kier molecular flexibility index (Phi) is 12.6. The highest BCUT2D eigenvalue weighted by molar-refractivity contribution is 5.88. The van der Waals surface area contributed by atoms with Crippen molar-refractivity contribution >= 4 is 11.7 Å². The molecule has 0 bridgehead atoms. The van der Waals surface area contributed by atoms with Crippen molar-refractivity contribution in [1.29, 1.82) is 0 Å². The van der Waals surface area contributed by atoms with Gasteiger partial charge in [-0.15, -0.1) is 0 Å². The zero-order chi connectivity index (χ0) is 33.2. The molecule has 0 aromatic heterocycles. The molecule has 0 radical (unpaired) electrons. The molecule has 13 nitrogen and oxygen atoms in total. The summed E-state index contributed by atoms with van der Waals surface area (Å²) in [6.07, 6.45) is -7.82. The smallest absolute Gasteiger partial charge is 0.311 e. The molecule has 2 aliphatic heterocycles. The van der Waals surface area contributed by atoms with Crippen molar-refractivity contribution in [1.82, 2.24) is 0 Å². The third-order valence-corrected chi connectivity index (χ3v) is 9.45. The predicted octanol–water partition coefficient (Wildman–Crippen LogP) is 1.31. The molecule has 0 saturated carbocycles. The highest BCUT2D eigenvalue weighted by Gasteiger charge is 2.51. The lowest BCUT2D eigenvalue weighted by Crippen LogP contribution is -2.62. The van der Waals surface area contributed by atoms with Gasteiger partial charge in [-0.3, -0.25) is 4.79 Å². The number of likely N-dealkylation sites (N-methyl/N-ethyl adjacent to an activating group) is 1. The van der Waals surface area contributed by atoms with E-state index in [1.807, 2.05) is 0 Å². The Morgan fingerprint density at radius 1 is 1.05 bits per heavy atom. The lowest BCUT2D eigenvalue weighted by Gasteiger charge is -2.50.